The molecule has 0 aromatic heterocycles. The van der Waals surface area contributed by atoms with Crippen LogP contribution >= 0.6 is 0 Å². The van der Waals surface area contributed by atoms with Gasteiger partial charge in [-0.1, -0.05) is 6.92 Å². The van der Waals surface area contributed by atoms with Gasteiger partial charge in [0.25, 0.3) is 0 Å². The first-order valence-electron chi connectivity index (χ1n) is 5.22. The zero-order valence-corrected chi connectivity index (χ0v) is 9.81. The molecule has 15 heavy (non-hydrogen) atoms. The van der Waals surface area contributed by atoms with Crippen molar-refractivity contribution in [2.24, 2.45) is 0 Å². The van der Waals surface area contributed by atoms with Gasteiger partial charge < -0.3 is 15.1 Å². The summed E-state index contributed by atoms with van der Waals surface area (Å²) in [6, 6.07) is 0. The number of carboxylic acids is 1. The second-order valence-corrected chi connectivity index (χ2v) is 3.99. The normalized spacial score (nSPS) is 13.5. The molecule has 5 heteroatoms. The smallest absolute Gasteiger partial charge is 0.317 e. The molecule has 0 aliphatic rings. The third-order valence-electron chi connectivity index (χ3n) is 2.16. The molecule has 0 aromatic rings. The fourth-order valence-electron chi connectivity index (χ4n) is 1.19. The second kappa shape index (κ2) is 7.62. The maximum absolute atomic E-state index is 10.6. The van der Waals surface area contributed by atoms with Crippen LogP contribution in [0.3, 0.4) is 0 Å². The molecular weight excluding hydrogens is 196 g/mol. The largest absolute Gasteiger partial charge is 0.480 e. The summed E-state index contributed by atoms with van der Waals surface area (Å²) in [6.45, 7) is 3.76. The number of aliphatic hydroxyl groups excluding tert-OH is 1. The number of aliphatic carboxylic acids is 1. The molecule has 0 saturated heterocycles. The monoisotopic (exact) mass is 218 g/mol. The Morgan fingerprint density at radius 1 is 1.33 bits per heavy atom. The first-order chi connectivity index (χ1) is 6.95. The van der Waals surface area contributed by atoms with Crippen molar-refractivity contribution in [3.8, 4) is 0 Å². The average molecular weight is 218 g/mol. The Labute approximate surface area is 91.3 Å². The lowest BCUT2D eigenvalue weighted by molar-refractivity contribution is -0.138. The van der Waals surface area contributed by atoms with Gasteiger partial charge in [0, 0.05) is 19.6 Å². The fraction of sp³-hybridized carbons (Fsp3) is 0.900. The molecule has 0 aliphatic heterocycles. The van der Waals surface area contributed by atoms with E-state index in [0.29, 0.717) is 19.5 Å². The van der Waals surface area contributed by atoms with Crippen molar-refractivity contribution in [1.29, 1.82) is 0 Å². The van der Waals surface area contributed by atoms with Crippen LogP contribution in [0.2, 0.25) is 0 Å². The number of carbonyl (C=O) groups is 1. The van der Waals surface area contributed by atoms with Gasteiger partial charge in [0.1, 0.15) is 0 Å². The van der Waals surface area contributed by atoms with E-state index in [4.69, 9.17) is 5.11 Å². The third-order valence-corrected chi connectivity index (χ3v) is 2.16. The summed E-state index contributed by atoms with van der Waals surface area (Å²) in [5, 5.41) is 18.2. The number of hydrogen-bond acceptors (Lipinski definition) is 4. The van der Waals surface area contributed by atoms with Crippen molar-refractivity contribution in [2.45, 2.75) is 19.4 Å². The maximum Gasteiger partial charge on any atom is 0.317 e. The molecule has 0 rings (SSSR count). The molecule has 2 N–H and O–H groups in total. The number of carboxylic acid groups (broad SMARTS) is 1. The molecule has 0 bridgehead atoms. The Kier molecular flexibility index (Phi) is 7.29. The quantitative estimate of drug-likeness (QED) is 0.586. The maximum atomic E-state index is 10.6. The SMILES string of the molecule is CCC(O)CN(CCN(C)C)CC(=O)O. The van der Waals surface area contributed by atoms with Gasteiger partial charge in [-0.3, -0.25) is 9.69 Å². The van der Waals surface area contributed by atoms with Crippen molar-refractivity contribution in [2.75, 3.05) is 40.3 Å². The van der Waals surface area contributed by atoms with Crippen LogP contribution < -0.4 is 0 Å². The van der Waals surface area contributed by atoms with E-state index in [0.717, 1.165) is 6.54 Å². The summed E-state index contributed by atoms with van der Waals surface area (Å²) in [5.74, 6) is -0.850. The summed E-state index contributed by atoms with van der Waals surface area (Å²) in [7, 11) is 3.88. The Morgan fingerprint density at radius 3 is 2.33 bits per heavy atom. The molecule has 0 saturated carbocycles. The first-order valence-corrected chi connectivity index (χ1v) is 5.22. The summed E-state index contributed by atoms with van der Waals surface area (Å²) in [4.78, 5) is 14.3. The van der Waals surface area contributed by atoms with Crippen LogP contribution in [0.1, 0.15) is 13.3 Å². The van der Waals surface area contributed by atoms with Gasteiger partial charge in [0.2, 0.25) is 0 Å². The Balaban J connectivity index is 4.00. The lowest BCUT2D eigenvalue weighted by atomic mass is 10.2. The number of hydrogen-bond donors (Lipinski definition) is 2. The number of aliphatic hydroxyl groups is 1. The molecule has 0 aromatic carbocycles. The van der Waals surface area contributed by atoms with Gasteiger partial charge in [-0.05, 0) is 20.5 Å². The molecule has 0 spiro atoms. The summed E-state index contributed by atoms with van der Waals surface area (Å²) >= 11 is 0. The van der Waals surface area contributed by atoms with Crippen LogP contribution in [0.4, 0.5) is 0 Å². The van der Waals surface area contributed by atoms with Crippen molar-refractivity contribution < 1.29 is 15.0 Å². The van der Waals surface area contributed by atoms with Gasteiger partial charge >= 0.3 is 5.97 Å². The Bertz CT molecular complexity index is 186. The number of nitrogens with zero attached hydrogens (tertiary/aromatic N) is 2. The first kappa shape index (κ1) is 14.3. The highest BCUT2D eigenvalue weighted by Gasteiger charge is 2.13. The van der Waals surface area contributed by atoms with Gasteiger partial charge in [-0.25, -0.2) is 0 Å². The Morgan fingerprint density at radius 2 is 1.93 bits per heavy atom. The van der Waals surface area contributed by atoms with E-state index in [2.05, 4.69) is 0 Å². The predicted octanol–water partition coefficient (Wildman–Crippen LogP) is -0.294. The molecule has 0 aliphatic carbocycles. The molecular formula is C10H22N2O3. The van der Waals surface area contributed by atoms with Gasteiger partial charge in [-0.15, -0.1) is 0 Å². The van der Waals surface area contributed by atoms with Crippen molar-refractivity contribution >= 4 is 5.97 Å². The van der Waals surface area contributed by atoms with Crippen LogP contribution in [0, 0.1) is 0 Å². The zero-order chi connectivity index (χ0) is 11.8. The minimum Gasteiger partial charge on any atom is -0.480 e. The zero-order valence-electron chi connectivity index (χ0n) is 9.81. The standard InChI is InChI=1S/C10H22N2O3/c1-4-9(13)7-12(8-10(14)15)6-5-11(2)3/h9,13H,4-8H2,1-3H3,(H,14,15). The summed E-state index contributed by atoms with van der Waals surface area (Å²) in [5.41, 5.74) is 0. The van der Waals surface area contributed by atoms with E-state index in [1.54, 1.807) is 4.90 Å². The molecule has 0 heterocycles. The van der Waals surface area contributed by atoms with Gasteiger partial charge in [0.05, 0.1) is 12.6 Å². The average Bonchev–Trinajstić information content (AvgIpc) is 2.13. The summed E-state index contributed by atoms with van der Waals surface area (Å²) < 4.78 is 0. The minimum absolute atomic E-state index is 0.00903. The number of rotatable bonds is 8. The molecule has 90 valence electrons. The fourth-order valence-corrected chi connectivity index (χ4v) is 1.19. The van der Waals surface area contributed by atoms with Crippen LogP contribution in [-0.4, -0.2) is 72.4 Å². The molecule has 1 unspecified atom stereocenters. The van der Waals surface area contributed by atoms with Crippen molar-refractivity contribution in [3.63, 3.8) is 0 Å². The minimum atomic E-state index is -0.850. The lowest BCUT2D eigenvalue weighted by Crippen LogP contribution is -2.40. The lowest BCUT2D eigenvalue weighted by Gasteiger charge is -2.24. The van der Waals surface area contributed by atoms with E-state index in [1.807, 2.05) is 25.9 Å². The predicted molar refractivity (Wildman–Crippen MR) is 58.9 cm³/mol. The van der Waals surface area contributed by atoms with Crippen LogP contribution in [0.5, 0.6) is 0 Å². The molecule has 5 nitrogen and oxygen atoms in total. The van der Waals surface area contributed by atoms with E-state index >= 15 is 0 Å². The van der Waals surface area contributed by atoms with Crippen LogP contribution in [-0.2, 0) is 4.79 Å². The second-order valence-electron chi connectivity index (χ2n) is 3.99. The summed E-state index contributed by atoms with van der Waals surface area (Å²) in [6.07, 6.45) is 0.212. The van der Waals surface area contributed by atoms with Crippen LogP contribution in [0.15, 0.2) is 0 Å². The van der Waals surface area contributed by atoms with E-state index in [1.165, 1.54) is 0 Å². The van der Waals surface area contributed by atoms with E-state index in [-0.39, 0.29) is 6.54 Å². The van der Waals surface area contributed by atoms with Gasteiger partial charge in [0.15, 0.2) is 0 Å². The molecule has 1 atom stereocenters. The van der Waals surface area contributed by atoms with E-state index in [9.17, 15) is 9.90 Å². The third kappa shape index (κ3) is 8.35. The highest BCUT2D eigenvalue weighted by molar-refractivity contribution is 5.69. The van der Waals surface area contributed by atoms with Crippen molar-refractivity contribution in [1.82, 2.24) is 9.80 Å². The molecule has 0 amide bonds. The highest BCUT2D eigenvalue weighted by atomic mass is 16.4. The molecule has 0 fully saturated rings. The topological polar surface area (TPSA) is 64.0 Å². The molecule has 0 radical (unpaired) electrons. The number of likely N-dealkylation sites (N-methyl/N-ethyl adjacent to an activating group) is 1. The van der Waals surface area contributed by atoms with Crippen molar-refractivity contribution in [3.05, 3.63) is 0 Å². The van der Waals surface area contributed by atoms with Gasteiger partial charge in [-0.2, -0.15) is 0 Å². The Hall–Kier alpha value is -0.650. The van der Waals surface area contributed by atoms with Crippen LogP contribution in [0.25, 0.3) is 0 Å². The highest BCUT2D eigenvalue weighted by Crippen LogP contribution is 1.96. The van der Waals surface area contributed by atoms with E-state index < -0.39 is 12.1 Å².